The molecule has 2 aliphatic heterocycles. The normalized spacial score (nSPS) is 27.3. The lowest BCUT2D eigenvalue weighted by molar-refractivity contribution is -0.117. The van der Waals surface area contributed by atoms with E-state index < -0.39 is 0 Å². The Kier molecular flexibility index (Phi) is 5.49. The number of anilines is 3. The lowest BCUT2D eigenvalue weighted by Gasteiger charge is -2.44. The van der Waals surface area contributed by atoms with E-state index in [1.807, 2.05) is 6.07 Å². The van der Waals surface area contributed by atoms with Crippen molar-refractivity contribution in [3.8, 4) is 0 Å². The van der Waals surface area contributed by atoms with Gasteiger partial charge in [-0.1, -0.05) is 34.9 Å². The first kappa shape index (κ1) is 22.2. The molecule has 0 bridgehead atoms. The predicted molar refractivity (Wildman–Crippen MR) is 137 cm³/mol. The summed E-state index contributed by atoms with van der Waals surface area (Å²) in [5, 5.41) is 4.71. The summed E-state index contributed by atoms with van der Waals surface area (Å²) >= 11 is 12.4. The maximum atomic E-state index is 12.0. The van der Waals surface area contributed by atoms with Gasteiger partial charge in [0.1, 0.15) is 0 Å². The molecule has 1 spiro atoms. The van der Waals surface area contributed by atoms with Crippen molar-refractivity contribution in [3.63, 3.8) is 0 Å². The maximum absolute atomic E-state index is 12.0. The number of piperidine rings is 1. The highest BCUT2D eigenvalue weighted by atomic mass is 35.5. The number of aromatic nitrogens is 2. The molecule has 6 nitrogen and oxygen atoms in total. The quantitative estimate of drug-likeness (QED) is 0.563. The third-order valence-corrected chi connectivity index (χ3v) is 8.82. The Hall–Kier alpha value is -2.31. The van der Waals surface area contributed by atoms with Crippen LogP contribution in [0.3, 0.4) is 0 Å². The Bertz CT molecular complexity index is 1150. The molecule has 6 rings (SSSR count). The van der Waals surface area contributed by atoms with E-state index in [-0.39, 0.29) is 5.91 Å². The lowest BCUT2D eigenvalue weighted by atomic mass is 9.63. The number of halogens is 2. The number of amides is 1. The molecule has 2 saturated carbocycles. The summed E-state index contributed by atoms with van der Waals surface area (Å²) < 4.78 is 0. The SMILES string of the molecule is CN1C(=O)Cc2cc(NC/C=C3\CC34CC(C3CCN(c5ncc(Cl)cn5)CC3)C4)cc(Cl)c21. The number of carbonyl (C=O) groups is 1. The van der Waals surface area contributed by atoms with E-state index in [0.29, 0.717) is 21.9 Å². The van der Waals surface area contributed by atoms with Crippen molar-refractivity contribution in [2.24, 2.45) is 17.3 Å². The molecular weight excluding hydrogens is 469 g/mol. The minimum atomic E-state index is 0.0969. The topological polar surface area (TPSA) is 61.4 Å². The fourth-order valence-electron chi connectivity index (χ4n) is 6.30. The molecule has 34 heavy (non-hydrogen) atoms. The first-order valence-corrected chi connectivity index (χ1v) is 12.9. The Morgan fingerprint density at radius 3 is 2.62 bits per heavy atom. The predicted octanol–water partition coefficient (Wildman–Crippen LogP) is 5.36. The molecule has 2 aromatic rings. The fourth-order valence-corrected chi connectivity index (χ4v) is 6.76. The highest BCUT2D eigenvalue weighted by Gasteiger charge is 2.58. The molecule has 0 radical (unpaired) electrons. The molecule has 0 unspecified atom stereocenters. The number of nitrogens with one attached hydrogen (secondary N) is 1. The molecule has 1 aromatic heterocycles. The number of benzene rings is 1. The molecule has 1 aromatic carbocycles. The van der Waals surface area contributed by atoms with Gasteiger partial charge in [-0.2, -0.15) is 0 Å². The molecule has 3 heterocycles. The summed E-state index contributed by atoms with van der Waals surface area (Å²) in [4.78, 5) is 24.7. The Morgan fingerprint density at radius 2 is 1.88 bits per heavy atom. The van der Waals surface area contributed by atoms with Crippen molar-refractivity contribution in [2.45, 2.75) is 38.5 Å². The van der Waals surface area contributed by atoms with Gasteiger partial charge in [-0.3, -0.25) is 4.79 Å². The Morgan fingerprint density at radius 1 is 1.15 bits per heavy atom. The van der Waals surface area contributed by atoms with Gasteiger partial charge < -0.3 is 15.1 Å². The van der Waals surface area contributed by atoms with E-state index in [0.717, 1.165) is 54.4 Å². The number of likely N-dealkylation sites (N-methyl/N-ethyl adjacent to an activating group) is 1. The second-order valence-electron chi connectivity index (χ2n) is 10.4. The number of fused-ring (bicyclic) bond motifs is 1. The zero-order valence-corrected chi connectivity index (χ0v) is 20.9. The molecule has 1 amide bonds. The average Bonchev–Trinajstić information content (AvgIpc) is 3.45. The van der Waals surface area contributed by atoms with E-state index in [4.69, 9.17) is 23.2 Å². The van der Waals surface area contributed by atoms with Crippen molar-refractivity contribution in [2.75, 3.05) is 41.8 Å². The van der Waals surface area contributed by atoms with Crippen LogP contribution in [0.15, 0.2) is 36.2 Å². The highest BCUT2D eigenvalue weighted by molar-refractivity contribution is 6.35. The van der Waals surface area contributed by atoms with Crippen LogP contribution in [0, 0.1) is 17.3 Å². The number of rotatable bonds is 5. The van der Waals surface area contributed by atoms with Crippen LogP contribution in [-0.4, -0.2) is 42.6 Å². The molecule has 1 N–H and O–H groups in total. The molecule has 178 valence electrons. The fraction of sp³-hybridized carbons (Fsp3) is 0.500. The van der Waals surface area contributed by atoms with Crippen molar-refractivity contribution in [1.82, 2.24) is 9.97 Å². The van der Waals surface area contributed by atoms with Gasteiger partial charge in [-0.05, 0) is 67.1 Å². The first-order valence-electron chi connectivity index (χ1n) is 12.2. The summed E-state index contributed by atoms with van der Waals surface area (Å²) in [5.74, 6) is 2.58. The summed E-state index contributed by atoms with van der Waals surface area (Å²) in [6, 6.07) is 3.99. The summed E-state index contributed by atoms with van der Waals surface area (Å²) in [6.07, 6.45) is 12.6. The lowest BCUT2D eigenvalue weighted by Crippen LogP contribution is -2.41. The molecule has 0 atom stereocenters. The van der Waals surface area contributed by atoms with Gasteiger partial charge in [0.2, 0.25) is 11.9 Å². The van der Waals surface area contributed by atoms with Gasteiger partial charge >= 0.3 is 0 Å². The highest BCUT2D eigenvalue weighted by Crippen LogP contribution is 2.69. The van der Waals surface area contributed by atoms with Gasteiger partial charge in [0.05, 0.1) is 34.5 Å². The third-order valence-electron chi connectivity index (χ3n) is 8.33. The molecule has 1 saturated heterocycles. The number of allylic oxidation sites excluding steroid dienone is 1. The zero-order valence-electron chi connectivity index (χ0n) is 19.4. The second kappa shape index (κ2) is 8.42. The van der Waals surface area contributed by atoms with Crippen molar-refractivity contribution in [1.29, 1.82) is 0 Å². The van der Waals surface area contributed by atoms with Crippen molar-refractivity contribution >= 4 is 46.4 Å². The number of carbonyl (C=O) groups excluding carboxylic acids is 1. The number of hydrogen-bond donors (Lipinski definition) is 1. The first-order chi connectivity index (χ1) is 16.4. The van der Waals surface area contributed by atoms with Gasteiger partial charge in [-0.25, -0.2) is 9.97 Å². The second-order valence-corrected chi connectivity index (χ2v) is 11.2. The van der Waals surface area contributed by atoms with Crippen molar-refractivity contribution < 1.29 is 4.79 Å². The van der Waals surface area contributed by atoms with Crippen LogP contribution in [0.4, 0.5) is 17.3 Å². The largest absolute Gasteiger partial charge is 0.382 e. The minimum Gasteiger partial charge on any atom is -0.382 e. The van der Waals surface area contributed by atoms with Crippen LogP contribution < -0.4 is 15.1 Å². The molecule has 2 aliphatic carbocycles. The van der Waals surface area contributed by atoms with Gasteiger partial charge in [0, 0.05) is 32.4 Å². The van der Waals surface area contributed by atoms with Crippen LogP contribution in [0.2, 0.25) is 10.0 Å². The van der Waals surface area contributed by atoms with E-state index in [2.05, 4.69) is 32.3 Å². The van der Waals surface area contributed by atoms with Crippen LogP contribution in [0.25, 0.3) is 0 Å². The monoisotopic (exact) mass is 497 g/mol. The van der Waals surface area contributed by atoms with Crippen LogP contribution in [0.5, 0.6) is 0 Å². The van der Waals surface area contributed by atoms with Gasteiger partial charge in [0.25, 0.3) is 0 Å². The minimum absolute atomic E-state index is 0.0969. The third kappa shape index (κ3) is 3.95. The summed E-state index contributed by atoms with van der Waals surface area (Å²) in [7, 11) is 1.79. The molecule has 4 aliphatic rings. The van der Waals surface area contributed by atoms with E-state index in [1.54, 1.807) is 29.9 Å². The standard InChI is InChI=1S/C26H29Cl2N5O/c1-32-23(34)9-17-8-21(10-22(28)24(17)32)29-5-2-19-13-26(19)11-18(12-26)16-3-6-33(7-4-16)25-30-14-20(27)15-31-25/h2,8,10,14-16,18,29H,3-7,9,11-13H2,1H3/b19-2+. The zero-order chi connectivity index (χ0) is 23.4. The van der Waals surface area contributed by atoms with Gasteiger partial charge in [-0.15, -0.1) is 0 Å². The molecular formula is C26H29Cl2N5O. The van der Waals surface area contributed by atoms with E-state index in [1.165, 1.54) is 32.1 Å². The van der Waals surface area contributed by atoms with E-state index >= 15 is 0 Å². The maximum Gasteiger partial charge on any atom is 0.231 e. The molecule has 3 fully saturated rings. The number of hydrogen-bond acceptors (Lipinski definition) is 5. The van der Waals surface area contributed by atoms with Crippen LogP contribution in [0.1, 0.15) is 37.7 Å². The molecule has 8 heteroatoms. The summed E-state index contributed by atoms with van der Waals surface area (Å²) in [5.41, 5.74) is 4.96. The van der Waals surface area contributed by atoms with Crippen molar-refractivity contribution in [3.05, 3.63) is 51.8 Å². The summed E-state index contributed by atoms with van der Waals surface area (Å²) in [6.45, 7) is 2.88. The number of nitrogens with zero attached hydrogens (tertiary/aromatic N) is 4. The Labute approximate surface area is 210 Å². The van der Waals surface area contributed by atoms with Gasteiger partial charge in [0.15, 0.2) is 0 Å². The van der Waals surface area contributed by atoms with Crippen LogP contribution >= 0.6 is 23.2 Å². The van der Waals surface area contributed by atoms with Crippen LogP contribution in [-0.2, 0) is 11.2 Å². The average molecular weight is 498 g/mol. The smallest absolute Gasteiger partial charge is 0.231 e. The Balaban J connectivity index is 0.978. The van der Waals surface area contributed by atoms with E-state index in [9.17, 15) is 4.79 Å².